The maximum Gasteiger partial charge on any atom is 0.241 e. The lowest BCUT2D eigenvalue weighted by atomic mass is 10.2. The Labute approximate surface area is 129 Å². The normalized spacial score (nSPS) is 11.6. The van der Waals surface area contributed by atoms with Crippen molar-refractivity contribution in [2.45, 2.75) is 12.6 Å². The molecule has 4 nitrogen and oxygen atoms in total. The average Bonchev–Trinajstić information content (AvgIpc) is 2.34. The fraction of sp³-hybridized carbons (Fsp3) is 0.417. The van der Waals surface area contributed by atoms with Crippen LogP contribution in [-0.4, -0.2) is 37.6 Å². The van der Waals surface area contributed by atoms with Crippen LogP contribution in [-0.2, 0) is 16.1 Å². The van der Waals surface area contributed by atoms with Crippen LogP contribution in [0.4, 0.5) is 0 Å². The Morgan fingerprint density at radius 3 is 2.68 bits per heavy atom. The molecule has 0 radical (unpaired) electrons. The molecule has 0 aliphatic carbocycles. The second kappa shape index (κ2) is 8.61. The van der Waals surface area contributed by atoms with E-state index in [2.05, 4.69) is 0 Å². The minimum absolute atomic E-state index is 0. The molecule has 7 heteroatoms. The first-order valence-electron chi connectivity index (χ1n) is 5.39. The van der Waals surface area contributed by atoms with E-state index in [0.717, 1.165) is 5.56 Å². The van der Waals surface area contributed by atoms with Gasteiger partial charge in [-0.2, -0.15) is 0 Å². The summed E-state index contributed by atoms with van der Waals surface area (Å²) in [7, 11) is 3.16. The van der Waals surface area contributed by atoms with Crippen LogP contribution in [0.3, 0.4) is 0 Å². The highest BCUT2D eigenvalue weighted by atomic mass is 35.5. The van der Waals surface area contributed by atoms with Gasteiger partial charge in [0.1, 0.15) is 6.04 Å². The maximum absolute atomic E-state index is 11.9. The smallest absolute Gasteiger partial charge is 0.241 e. The molecular weight excluding hydrogens is 311 g/mol. The van der Waals surface area contributed by atoms with Crippen molar-refractivity contribution >= 4 is 41.5 Å². The predicted molar refractivity (Wildman–Crippen MR) is 80.0 cm³/mol. The van der Waals surface area contributed by atoms with Crippen LogP contribution in [0.25, 0.3) is 0 Å². The minimum Gasteiger partial charge on any atom is -0.383 e. The molecule has 0 bridgehead atoms. The highest BCUT2D eigenvalue weighted by molar-refractivity contribution is 6.42. The number of carbonyl (C=O) groups is 1. The number of rotatable bonds is 5. The van der Waals surface area contributed by atoms with Crippen molar-refractivity contribution in [1.82, 2.24) is 4.90 Å². The Kier molecular flexibility index (Phi) is 8.38. The molecule has 19 heavy (non-hydrogen) atoms. The van der Waals surface area contributed by atoms with E-state index in [9.17, 15) is 4.79 Å². The first-order chi connectivity index (χ1) is 8.47. The predicted octanol–water partition coefficient (Wildman–Crippen LogP) is 2.35. The molecule has 0 saturated carbocycles. The van der Waals surface area contributed by atoms with Crippen LogP contribution in [0, 0.1) is 0 Å². The first-order valence-corrected chi connectivity index (χ1v) is 6.15. The third kappa shape index (κ3) is 5.16. The molecule has 1 amide bonds. The Bertz CT molecular complexity index is 429. The number of carbonyl (C=O) groups excluding carboxylic acids is 1. The van der Waals surface area contributed by atoms with Gasteiger partial charge in [-0.1, -0.05) is 35.3 Å². The lowest BCUT2D eigenvalue weighted by Crippen LogP contribution is -2.44. The Balaban J connectivity index is 0.00000324. The molecule has 0 fully saturated rings. The molecule has 2 N–H and O–H groups in total. The van der Waals surface area contributed by atoms with Gasteiger partial charge >= 0.3 is 0 Å². The summed E-state index contributed by atoms with van der Waals surface area (Å²) in [4.78, 5) is 13.4. The number of hydrogen-bond donors (Lipinski definition) is 1. The number of ether oxygens (including phenoxy) is 1. The zero-order chi connectivity index (χ0) is 13.7. The third-order valence-electron chi connectivity index (χ3n) is 2.48. The summed E-state index contributed by atoms with van der Waals surface area (Å²) >= 11 is 12.0. The Hall–Kier alpha value is -0.520. The number of hydrogen-bond acceptors (Lipinski definition) is 3. The molecule has 1 aromatic rings. The lowest BCUT2D eigenvalue weighted by Gasteiger charge is -2.21. The van der Waals surface area contributed by atoms with Crippen LogP contribution in [0.15, 0.2) is 18.2 Å². The van der Waals surface area contributed by atoms with Crippen molar-refractivity contribution in [1.29, 1.82) is 0 Å². The molecule has 108 valence electrons. The Morgan fingerprint density at radius 1 is 1.47 bits per heavy atom. The molecule has 0 heterocycles. The van der Waals surface area contributed by atoms with E-state index < -0.39 is 6.04 Å². The van der Waals surface area contributed by atoms with Gasteiger partial charge in [-0.3, -0.25) is 4.79 Å². The maximum atomic E-state index is 11.9. The molecule has 0 saturated heterocycles. The number of methoxy groups -OCH3 is 1. The first kappa shape index (κ1) is 18.5. The summed E-state index contributed by atoms with van der Waals surface area (Å²) in [5.74, 6) is -0.201. The standard InChI is InChI=1S/C12H16Cl2N2O2.ClH/c1-16(12(17)10(15)7-18-2)6-8-4-3-5-9(13)11(8)14;/h3-5,10H,6-7,15H2,1-2H3;1H. The third-order valence-corrected chi connectivity index (χ3v) is 3.34. The zero-order valence-corrected chi connectivity index (χ0v) is 13.1. The molecule has 0 aliphatic heterocycles. The molecule has 0 aliphatic rings. The molecular formula is C12H17Cl3N2O2. The summed E-state index contributed by atoms with van der Waals surface area (Å²) in [5.41, 5.74) is 6.46. The van der Waals surface area contributed by atoms with Gasteiger partial charge in [0.05, 0.1) is 16.7 Å². The van der Waals surface area contributed by atoms with Gasteiger partial charge in [0, 0.05) is 20.7 Å². The number of nitrogens with zero attached hydrogens (tertiary/aromatic N) is 1. The number of amides is 1. The summed E-state index contributed by atoms with van der Waals surface area (Å²) in [6.45, 7) is 0.544. The van der Waals surface area contributed by atoms with Gasteiger partial charge < -0.3 is 15.4 Å². The van der Waals surface area contributed by atoms with Crippen LogP contribution in [0.5, 0.6) is 0 Å². The van der Waals surface area contributed by atoms with Crippen LogP contribution in [0.2, 0.25) is 10.0 Å². The van der Waals surface area contributed by atoms with Crippen LogP contribution < -0.4 is 5.73 Å². The molecule has 1 rings (SSSR count). The largest absolute Gasteiger partial charge is 0.383 e. The molecule has 1 atom stereocenters. The zero-order valence-electron chi connectivity index (χ0n) is 10.7. The highest BCUT2D eigenvalue weighted by Crippen LogP contribution is 2.26. The van der Waals surface area contributed by atoms with Crippen molar-refractivity contribution in [2.24, 2.45) is 5.73 Å². The van der Waals surface area contributed by atoms with Crippen molar-refractivity contribution in [3.63, 3.8) is 0 Å². The summed E-state index contributed by atoms with van der Waals surface area (Å²) in [6, 6.07) is 4.64. The number of nitrogens with two attached hydrogens (primary N) is 1. The van der Waals surface area contributed by atoms with Gasteiger partial charge in [-0.05, 0) is 11.6 Å². The van der Waals surface area contributed by atoms with Crippen molar-refractivity contribution in [3.05, 3.63) is 33.8 Å². The average molecular weight is 328 g/mol. The van der Waals surface area contributed by atoms with Gasteiger partial charge in [0.2, 0.25) is 5.91 Å². The number of halogens is 3. The van der Waals surface area contributed by atoms with Gasteiger partial charge in [0.25, 0.3) is 0 Å². The fourth-order valence-electron chi connectivity index (χ4n) is 1.54. The number of likely N-dealkylation sites (N-methyl/N-ethyl adjacent to an activating group) is 1. The second-order valence-corrected chi connectivity index (χ2v) is 4.75. The minimum atomic E-state index is -0.669. The van der Waals surface area contributed by atoms with Crippen LogP contribution in [0.1, 0.15) is 5.56 Å². The summed E-state index contributed by atoms with van der Waals surface area (Å²) < 4.78 is 4.85. The molecule has 1 aromatic carbocycles. The van der Waals surface area contributed by atoms with Gasteiger partial charge in [0.15, 0.2) is 0 Å². The lowest BCUT2D eigenvalue weighted by molar-refractivity contribution is -0.132. The van der Waals surface area contributed by atoms with Crippen molar-refractivity contribution < 1.29 is 9.53 Å². The van der Waals surface area contributed by atoms with E-state index in [1.807, 2.05) is 6.07 Å². The fourth-order valence-corrected chi connectivity index (χ4v) is 1.92. The summed E-state index contributed by atoms with van der Waals surface area (Å²) in [6.07, 6.45) is 0. The van der Waals surface area contributed by atoms with Crippen molar-refractivity contribution in [3.8, 4) is 0 Å². The van der Waals surface area contributed by atoms with E-state index in [1.165, 1.54) is 12.0 Å². The SMILES string of the molecule is COCC(N)C(=O)N(C)Cc1cccc(Cl)c1Cl.Cl. The number of benzene rings is 1. The van der Waals surface area contributed by atoms with E-state index in [4.69, 9.17) is 33.7 Å². The van der Waals surface area contributed by atoms with Gasteiger partial charge in [-0.25, -0.2) is 0 Å². The van der Waals surface area contributed by atoms with Crippen molar-refractivity contribution in [2.75, 3.05) is 20.8 Å². The van der Waals surface area contributed by atoms with Gasteiger partial charge in [-0.15, -0.1) is 12.4 Å². The molecule has 0 aromatic heterocycles. The van der Waals surface area contributed by atoms with Crippen LogP contribution >= 0.6 is 35.6 Å². The quantitative estimate of drug-likeness (QED) is 0.903. The molecule has 0 spiro atoms. The highest BCUT2D eigenvalue weighted by Gasteiger charge is 2.18. The Morgan fingerprint density at radius 2 is 2.11 bits per heavy atom. The van der Waals surface area contributed by atoms with E-state index in [-0.39, 0.29) is 24.9 Å². The van der Waals surface area contributed by atoms with E-state index in [1.54, 1.807) is 19.2 Å². The van der Waals surface area contributed by atoms with E-state index >= 15 is 0 Å². The van der Waals surface area contributed by atoms with E-state index in [0.29, 0.717) is 16.6 Å². The molecule has 1 unspecified atom stereocenters. The summed E-state index contributed by atoms with van der Waals surface area (Å²) in [5, 5.41) is 0.926. The monoisotopic (exact) mass is 326 g/mol. The second-order valence-electron chi connectivity index (χ2n) is 3.97. The topological polar surface area (TPSA) is 55.6 Å².